The van der Waals surface area contributed by atoms with Crippen LogP contribution in [0.25, 0.3) is 0 Å². The third kappa shape index (κ3) is 3.20. The van der Waals surface area contributed by atoms with E-state index in [-0.39, 0.29) is 0 Å². The second-order valence-electron chi connectivity index (χ2n) is 4.36. The number of aliphatic hydroxyl groups is 6. The van der Waals surface area contributed by atoms with E-state index in [1.807, 2.05) is 0 Å². The molecule has 9 nitrogen and oxygen atoms in total. The predicted octanol–water partition coefficient (Wildman–Crippen LogP) is -3.93. The molecule has 1 saturated heterocycles. The molecule has 1 aliphatic rings. The third-order valence-corrected chi connectivity index (χ3v) is 2.97. The fourth-order valence-electron chi connectivity index (χ4n) is 1.86. The van der Waals surface area contributed by atoms with E-state index in [1.165, 1.54) is 0 Å². The zero-order chi connectivity index (χ0) is 14.8. The second-order valence-corrected chi connectivity index (χ2v) is 4.36. The van der Waals surface area contributed by atoms with E-state index in [1.54, 1.807) is 0 Å². The highest BCUT2D eigenvalue weighted by Gasteiger charge is 2.53. The highest BCUT2D eigenvalue weighted by Crippen LogP contribution is 2.30. The predicted molar refractivity (Wildman–Crippen MR) is 57.6 cm³/mol. The lowest BCUT2D eigenvalue weighted by molar-refractivity contribution is -0.313. The Balaban J connectivity index is 2.94. The number of ether oxygens (including phenoxy) is 2. The first-order valence-corrected chi connectivity index (χ1v) is 5.58. The number of carbonyl (C=O) groups is 1. The van der Waals surface area contributed by atoms with Crippen LogP contribution in [0.2, 0.25) is 0 Å². The van der Waals surface area contributed by atoms with Gasteiger partial charge in [0.1, 0.15) is 24.4 Å². The molecule has 6 atom stereocenters. The fraction of sp³-hybridized carbons (Fsp3) is 0.900. The second kappa shape index (κ2) is 6.09. The Kier molecular flexibility index (Phi) is 5.21. The van der Waals surface area contributed by atoms with Gasteiger partial charge in [-0.25, -0.2) is 4.79 Å². The number of carbonyl (C=O) groups excluding carboxylic acids is 1. The molecular formula is C10H18O9. The molecular weight excluding hydrogens is 264 g/mol. The van der Waals surface area contributed by atoms with Gasteiger partial charge in [0.15, 0.2) is 0 Å². The van der Waals surface area contributed by atoms with Crippen molar-refractivity contribution in [2.24, 2.45) is 0 Å². The van der Waals surface area contributed by atoms with Crippen LogP contribution in [0, 0.1) is 0 Å². The van der Waals surface area contributed by atoms with Crippen molar-refractivity contribution < 1.29 is 44.9 Å². The van der Waals surface area contributed by atoms with Crippen LogP contribution in [-0.4, -0.2) is 86.6 Å². The van der Waals surface area contributed by atoms with Gasteiger partial charge in [0.2, 0.25) is 0 Å². The van der Waals surface area contributed by atoms with Crippen molar-refractivity contribution in [3.8, 4) is 0 Å². The monoisotopic (exact) mass is 282 g/mol. The minimum Gasteiger partial charge on any atom is -0.465 e. The standard InChI is InChI=1S/C10H18O9/c1-18-9(16)10(17)2-4(12)6(14)8(19-10)7(15)5(13)3-11/h4-8,11-15,17H,2-3H2,1H3/t4-,5-,6+,7+,8+,10?/m0/s1. The van der Waals surface area contributed by atoms with Gasteiger partial charge < -0.3 is 40.1 Å². The molecule has 0 bridgehead atoms. The molecule has 0 aliphatic carbocycles. The van der Waals surface area contributed by atoms with Gasteiger partial charge in [-0.2, -0.15) is 0 Å². The van der Waals surface area contributed by atoms with Crippen LogP contribution < -0.4 is 0 Å². The third-order valence-electron chi connectivity index (χ3n) is 2.97. The van der Waals surface area contributed by atoms with Crippen LogP contribution in [-0.2, 0) is 14.3 Å². The lowest BCUT2D eigenvalue weighted by Gasteiger charge is -2.42. The first-order chi connectivity index (χ1) is 8.76. The Labute approximate surface area is 108 Å². The maximum absolute atomic E-state index is 11.4. The molecule has 1 unspecified atom stereocenters. The Morgan fingerprint density at radius 3 is 2.53 bits per heavy atom. The lowest BCUT2D eigenvalue weighted by atomic mass is 9.91. The van der Waals surface area contributed by atoms with Crippen LogP contribution in [0.15, 0.2) is 0 Å². The SMILES string of the molecule is COC(=O)C1(O)C[C@H](O)[C@@H](O)[C@H]([C@H](O)[C@@H](O)CO)O1. The van der Waals surface area contributed by atoms with E-state index in [0.717, 1.165) is 7.11 Å². The number of rotatable bonds is 4. The first kappa shape index (κ1) is 16.2. The van der Waals surface area contributed by atoms with E-state index in [9.17, 15) is 30.3 Å². The minimum atomic E-state index is -2.55. The highest BCUT2D eigenvalue weighted by molar-refractivity contribution is 5.77. The van der Waals surface area contributed by atoms with Gasteiger partial charge in [0.25, 0.3) is 5.79 Å². The van der Waals surface area contributed by atoms with Crippen LogP contribution in [0.3, 0.4) is 0 Å². The topological polar surface area (TPSA) is 157 Å². The van der Waals surface area contributed by atoms with Gasteiger partial charge in [-0.3, -0.25) is 0 Å². The molecule has 1 heterocycles. The molecule has 19 heavy (non-hydrogen) atoms. The number of methoxy groups -OCH3 is 1. The maximum Gasteiger partial charge on any atom is 0.366 e. The first-order valence-electron chi connectivity index (χ1n) is 5.58. The molecule has 1 aliphatic heterocycles. The van der Waals surface area contributed by atoms with Gasteiger partial charge in [-0.05, 0) is 0 Å². The molecule has 0 saturated carbocycles. The minimum absolute atomic E-state index is 0.653. The Hall–Kier alpha value is -0.810. The zero-order valence-electron chi connectivity index (χ0n) is 10.2. The Morgan fingerprint density at radius 1 is 1.47 bits per heavy atom. The van der Waals surface area contributed by atoms with Gasteiger partial charge >= 0.3 is 5.97 Å². The van der Waals surface area contributed by atoms with E-state index in [2.05, 4.69) is 4.74 Å². The van der Waals surface area contributed by atoms with E-state index >= 15 is 0 Å². The van der Waals surface area contributed by atoms with Crippen molar-refractivity contribution in [1.82, 2.24) is 0 Å². The summed E-state index contributed by atoms with van der Waals surface area (Å²) in [5, 5.41) is 56.7. The number of aliphatic hydroxyl groups excluding tert-OH is 5. The van der Waals surface area contributed by atoms with E-state index in [0.29, 0.717) is 0 Å². The molecule has 0 aromatic carbocycles. The van der Waals surface area contributed by atoms with Crippen LogP contribution >= 0.6 is 0 Å². The molecule has 0 aromatic rings. The van der Waals surface area contributed by atoms with Crippen molar-refractivity contribution in [2.75, 3.05) is 13.7 Å². The molecule has 112 valence electrons. The maximum atomic E-state index is 11.4. The highest BCUT2D eigenvalue weighted by atomic mass is 16.7. The molecule has 0 aromatic heterocycles. The summed E-state index contributed by atoms with van der Waals surface area (Å²) in [6, 6.07) is 0. The van der Waals surface area contributed by atoms with Crippen molar-refractivity contribution in [3.05, 3.63) is 0 Å². The van der Waals surface area contributed by atoms with E-state index in [4.69, 9.17) is 9.84 Å². The van der Waals surface area contributed by atoms with Gasteiger partial charge in [0.05, 0.1) is 19.8 Å². The van der Waals surface area contributed by atoms with Crippen molar-refractivity contribution >= 4 is 5.97 Å². The molecule has 1 fully saturated rings. The summed E-state index contributed by atoms with van der Waals surface area (Å²) in [6.45, 7) is -0.833. The van der Waals surface area contributed by atoms with Gasteiger partial charge in [0, 0.05) is 6.42 Å². The van der Waals surface area contributed by atoms with Crippen molar-refractivity contribution in [3.63, 3.8) is 0 Å². The molecule has 1 rings (SSSR count). The van der Waals surface area contributed by atoms with Crippen LogP contribution in [0.1, 0.15) is 6.42 Å². The number of esters is 1. The van der Waals surface area contributed by atoms with Crippen molar-refractivity contribution in [1.29, 1.82) is 0 Å². The Morgan fingerprint density at radius 2 is 2.05 bits per heavy atom. The van der Waals surface area contributed by atoms with Crippen molar-refractivity contribution in [2.45, 2.75) is 42.7 Å². The fourth-order valence-corrected chi connectivity index (χ4v) is 1.86. The average Bonchev–Trinajstić information content (AvgIpc) is 2.40. The smallest absolute Gasteiger partial charge is 0.366 e. The summed E-state index contributed by atoms with van der Waals surface area (Å²) in [5.41, 5.74) is 0. The summed E-state index contributed by atoms with van der Waals surface area (Å²) in [6.07, 6.45) is -9.04. The van der Waals surface area contributed by atoms with Gasteiger partial charge in [-0.1, -0.05) is 0 Å². The van der Waals surface area contributed by atoms with Gasteiger partial charge in [-0.15, -0.1) is 0 Å². The average molecular weight is 282 g/mol. The quantitative estimate of drug-likeness (QED) is 0.283. The summed E-state index contributed by atoms with van der Waals surface area (Å²) < 4.78 is 9.13. The molecule has 0 amide bonds. The molecule has 0 spiro atoms. The molecule has 6 N–H and O–H groups in total. The zero-order valence-corrected chi connectivity index (χ0v) is 10.2. The number of hydrogen-bond donors (Lipinski definition) is 6. The molecule has 9 heteroatoms. The summed E-state index contributed by atoms with van der Waals surface area (Å²) >= 11 is 0. The van der Waals surface area contributed by atoms with Crippen LogP contribution in [0.5, 0.6) is 0 Å². The summed E-state index contributed by atoms with van der Waals surface area (Å²) in [4.78, 5) is 11.4. The van der Waals surface area contributed by atoms with Crippen LogP contribution in [0.4, 0.5) is 0 Å². The molecule has 0 radical (unpaired) electrons. The Bertz CT molecular complexity index is 322. The normalized spacial score (nSPS) is 38.6. The van der Waals surface area contributed by atoms with E-state index < -0.39 is 55.3 Å². The summed E-state index contributed by atoms with van der Waals surface area (Å²) in [5.74, 6) is -3.76. The summed E-state index contributed by atoms with van der Waals surface area (Å²) in [7, 11) is 0.981. The largest absolute Gasteiger partial charge is 0.465 e. The lowest BCUT2D eigenvalue weighted by Crippen LogP contribution is -2.63. The number of hydrogen-bond acceptors (Lipinski definition) is 9.